The summed E-state index contributed by atoms with van der Waals surface area (Å²) in [5, 5.41) is 11.1. The number of aryl methyl sites for hydroxylation is 1. The fourth-order valence-corrected chi connectivity index (χ4v) is 6.13. The summed E-state index contributed by atoms with van der Waals surface area (Å²) in [6, 6.07) is 11.1. The minimum absolute atomic E-state index is 0.0171. The van der Waals surface area contributed by atoms with Crippen molar-refractivity contribution in [3.8, 4) is 5.75 Å². The number of imidazole rings is 1. The van der Waals surface area contributed by atoms with Crippen LogP contribution < -0.4 is 16.2 Å². The predicted octanol–water partition coefficient (Wildman–Crippen LogP) is 6.42. The van der Waals surface area contributed by atoms with Gasteiger partial charge in [-0.25, -0.2) is 14.2 Å². The largest absolute Gasteiger partial charge is 0.495 e. The SMILES string of the molecule is COc1cc(C(C)(C)c2cnc(SCc3ccc(CCCN=C(N)N)c(C(=O)O)c3)n2C2C=CC(F)=CC2)ccc1Cl. The van der Waals surface area contributed by atoms with Gasteiger partial charge in [0.2, 0.25) is 0 Å². The second-order valence-corrected chi connectivity index (χ2v) is 11.9. The maximum atomic E-state index is 13.9. The number of nitrogens with zero attached hydrogens (tertiary/aromatic N) is 3. The number of methoxy groups -OCH3 is 1. The molecule has 0 radical (unpaired) electrons. The van der Waals surface area contributed by atoms with Crippen LogP contribution in [0.5, 0.6) is 5.75 Å². The molecule has 0 bridgehead atoms. The van der Waals surface area contributed by atoms with Crippen molar-refractivity contribution in [2.45, 2.75) is 55.5 Å². The number of rotatable bonds is 12. The maximum Gasteiger partial charge on any atom is 0.335 e. The lowest BCUT2D eigenvalue weighted by molar-refractivity contribution is 0.0695. The number of guanidine groups is 1. The Balaban J connectivity index is 1.63. The van der Waals surface area contributed by atoms with Gasteiger partial charge in [0.15, 0.2) is 11.1 Å². The Morgan fingerprint density at radius 2 is 2.07 bits per heavy atom. The number of carbonyl (C=O) groups is 1. The molecular weight excluding hydrogens is 577 g/mol. The lowest BCUT2D eigenvalue weighted by Crippen LogP contribution is -2.25. The van der Waals surface area contributed by atoms with E-state index in [0.29, 0.717) is 42.3 Å². The monoisotopic (exact) mass is 611 g/mol. The Labute approximate surface area is 254 Å². The van der Waals surface area contributed by atoms with E-state index in [0.717, 1.165) is 27.5 Å². The number of nitrogens with two attached hydrogens (primary N) is 2. The molecule has 0 saturated heterocycles. The molecule has 8 nitrogen and oxygen atoms in total. The summed E-state index contributed by atoms with van der Waals surface area (Å²) >= 11 is 7.81. The Kier molecular flexibility index (Phi) is 10.0. The fraction of sp³-hybridized carbons (Fsp3) is 0.323. The fourth-order valence-electron chi connectivity index (χ4n) is 4.96. The summed E-state index contributed by atoms with van der Waals surface area (Å²) < 4.78 is 21.5. The zero-order valence-electron chi connectivity index (χ0n) is 23.8. The summed E-state index contributed by atoms with van der Waals surface area (Å²) in [6.07, 6.45) is 8.42. The highest BCUT2D eigenvalue weighted by Gasteiger charge is 2.32. The molecule has 1 aromatic heterocycles. The van der Waals surface area contributed by atoms with Crippen LogP contribution in [0.15, 0.2) is 76.8 Å². The molecule has 0 aliphatic heterocycles. The van der Waals surface area contributed by atoms with E-state index >= 15 is 0 Å². The molecule has 0 spiro atoms. The summed E-state index contributed by atoms with van der Waals surface area (Å²) in [4.78, 5) is 20.8. The van der Waals surface area contributed by atoms with Crippen molar-refractivity contribution in [2.24, 2.45) is 16.5 Å². The van der Waals surface area contributed by atoms with E-state index in [1.54, 1.807) is 19.3 Å². The van der Waals surface area contributed by atoms with Gasteiger partial charge in [-0.1, -0.05) is 61.5 Å². The van der Waals surface area contributed by atoms with E-state index in [4.69, 9.17) is 32.8 Å². The van der Waals surface area contributed by atoms with Crippen molar-refractivity contribution in [3.05, 3.63) is 99.6 Å². The highest BCUT2D eigenvalue weighted by molar-refractivity contribution is 7.98. The zero-order valence-corrected chi connectivity index (χ0v) is 25.4. The topological polar surface area (TPSA) is 129 Å². The van der Waals surface area contributed by atoms with Gasteiger partial charge in [-0.05, 0) is 66.3 Å². The number of aromatic nitrogens is 2. The van der Waals surface area contributed by atoms with Gasteiger partial charge in [-0.2, -0.15) is 0 Å². The van der Waals surface area contributed by atoms with Gasteiger partial charge in [-0.15, -0.1) is 0 Å². The smallest absolute Gasteiger partial charge is 0.335 e. The van der Waals surface area contributed by atoms with E-state index in [1.807, 2.05) is 42.6 Å². The molecule has 2 aromatic carbocycles. The first kappa shape index (κ1) is 31.2. The molecule has 42 heavy (non-hydrogen) atoms. The van der Waals surface area contributed by atoms with Crippen LogP contribution in [0.1, 0.15) is 65.5 Å². The van der Waals surface area contributed by atoms with Crippen molar-refractivity contribution >= 4 is 35.3 Å². The van der Waals surface area contributed by atoms with Crippen molar-refractivity contribution in [2.75, 3.05) is 13.7 Å². The number of carboxylic acid groups (broad SMARTS) is 1. The number of carboxylic acids is 1. The molecule has 1 unspecified atom stereocenters. The van der Waals surface area contributed by atoms with E-state index in [1.165, 1.54) is 17.8 Å². The Hall–Kier alpha value is -3.76. The molecule has 1 atom stereocenters. The molecule has 1 heterocycles. The third kappa shape index (κ3) is 7.17. The average molecular weight is 612 g/mol. The highest BCUT2D eigenvalue weighted by atomic mass is 35.5. The van der Waals surface area contributed by atoms with Crippen molar-refractivity contribution in [1.82, 2.24) is 9.55 Å². The number of halogens is 2. The molecule has 0 fully saturated rings. The van der Waals surface area contributed by atoms with Gasteiger partial charge < -0.3 is 25.9 Å². The van der Waals surface area contributed by atoms with E-state index in [9.17, 15) is 14.3 Å². The van der Waals surface area contributed by atoms with E-state index < -0.39 is 11.4 Å². The number of hydrogen-bond acceptors (Lipinski definition) is 5. The third-order valence-corrected chi connectivity index (χ3v) is 8.66. The van der Waals surface area contributed by atoms with Gasteiger partial charge >= 0.3 is 5.97 Å². The molecule has 1 aliphatic rings. The Morgan fingerprint density at radius 1 is 1.29 bits per heavy atom. The Morgan fingerprint density at radius 3 is 2.74 bits per heavy atom. The number of allylic oxidation sites excluding steroid dienone is 4. The standard InChI is InChI=1S/C31H35ClFN5O3S/c1-31(2,21-8-13-25(32)26(16-21)41-3)27-17-37-30(38(27)23-11-9-22(33)10-12-23)42-18-19-6-7-20(24(15-19)28(39)40)5-4-14-36-29(34)35/h6-11,13,15-17,23H,4-5,12,14,18H2,1-3H3,(H,39,40)(H4,34,35,36). The molecule has 5 N–H and O–H groups in total. The van der Waals surface area contributed by atoms with Crippen LogP contribution in [0.2, 0.25) is 5.02 Å². The molecule has 11 heteroatoms. The van der Waals surface area contributed by atoms with Gasteiger partial charge in [-0.3, -0.25) is 4.99 Å². The zero-order chi connectivity index (χ0) is 30.4. The van der Waals surface area contributed by atoms with Gasteiger partial charge in [0.25, 0.3) is 0 Å². The first-order chi connectivity index (χ1) is 20.0. The molecule has 3 aromatic rings. The van der Waals surface area contributed by atoms with Gasteiger partial charge in [0.05, 0.1) is 29.9 Å². The summed E-state index contributed by atoms with van der Waals surface area (Å²) in [5.41, 5.74) is 14.0. The number of hydrogen-bond donors (Lipinski definition) is 3. The van der Waals surface area contributed by atoms with E-state index in [-0.39, 0.29) is 23.4 Å². The van der Waals surface area contributed by atoms with Crippen LogP contribution >= 0.6 is 23.4 Å². The summed E-state index contributed by atoms with van der Waals surface area (Å²) in [6.45, 7) is 4.63. The van der Waals surface area contributed by atoms with Crippen LogP contribution in [0, 0.1) is 0 Å². The molecule has 0 amide bonds. The maximum absolute atomic E-state index is 13.9. The van der Waals surface area contributed by atoms with Crippen molar-refractivity contribution in [3.63, 3.8) is 0 Å². The predicted molar refractivity (Wildman–Crippen MR) is 166 cm³/mol. The van der Waals surface area contributed by atoms with Crippen LogP contribution in [0.3, 0.4) is 0 Å². The van der Waals surface area contributed by atoms with Crippen molar-refractivity contribution in [1.29, 1.82) is 0 Å². The molecule has 1 aliphatic carbocycles. The number of aliphatic imine (C=N–C) groups is 1. The first-order valence-electron chi connectivity index (χ1n) is 13.5. The first-order valence-corrected chi connectivity index (χ1v) is 14.9. The van der Waals surface area contributed by atoms with E-state index in [2.05, 4.69) is 23.4 Å². The minimum Gasteiger partial charge on any atom is -0.495 e. The lowest BCUT2D eigenvalue weighted by Gasteiger charge is -2.31. The number of benzene rings is 2. The lowest BCUT2D eigenvalue weighted by atomic mass is 9.81. The van der Waals surface area contributed by atoms with Crippen LogP contribution in [-0.2, 0) is 17.6 Å². The number of thioether (sulfide) groups is 1. The number of ether oxygens (including phenoxy) is 1. The molecule has 222 valence electrons. The summed E-state index contributed by atoms with van der Waals surface area (Å²) in [5.74, 6) is -0.143. The van der Waals surface area contributed by atoms with Crippen LogP contribution in [0.4, 0.5) is 4.39 Å². The second kappa shape index (κ2) is 13.5. The normalized spacial score (nSPS) is 14.9. The Bertz CT molecular complexity index is 1550. The van der Waals surface area contributed by atoms with Gasteiger partial charge in [0, 0.05) is 23.4 Å². The highest BCUT2D eigenvalue weighted by Crippen LogP contribution is 2.40. The third-order valence-electron chi connectivity index (χ3n) is 7.31. The average Bonchev–Trinajstić information content (AvgIpc) is 3.39. The van der Waals surface area contributed by atoms with Crippen LogP contribution in [-0.4, -0.2) is 40.2 Å². The quantitative estimate of drug-likeness (QED) is 0.0932. The molecule has 0 saturated carbocycles. The summed E-state index contributed by atoms with van der Waals surface area (Å²) in [7, 11) is 1.58. The van der Waals surface area contributed by atoms with Crippen molar-refractivity contribution < 1.29 is 19.0 Å². The molecule has 4 rings (SSSR count). The second-order valence-electron chi connectivity index (χ2n) is 10.5. The van der Waals surface area contributed by atoms with Crippen LogP contribution in [0.25, 0.3) is 0 Å². The minimum atomic E-state index is -0.983. The number of aromatic carboxylic acids is 1. The van der Waals surface area contributed by atoms with Gasteiger partial charge in [0.1, 0.15) is 11.6 Å². The molecular formula is C31H35ClFN5O3S.